The quantitative estimate of drug-likeness (QED) is 0.713. The predicted molar refractivity (Wildman–Crippen MR) is 72.3 cm³/mol. The Kier molecular flexibility index (Phi) is 6.60. The Bertz CT molecular complexity index is 251. The van der Waals surface area contributed by atoms with E-state index in [1.54, 1.807) is 7.11 Å². The molecule has 1 aliphatic heterocycles. The molecule has 1 rings (SSSR count). The van der Waals surface area contributed by atoms with Crippen LogP contribution in [0.1, 0.15) is 26.7 Å². The fourth-order valence-electron chi connectivity index (χ4n) is 2.12. The van der Waals surface area contributed by atoms with Crippen LogP contribution in [0.3, 0.4) is 0 Å². The lowest BCUT2D eigenvalue weighted by molar-refractivity contribution is -0.124. The molecule has 5 heteroatoms. The number of likely N-dealkylation sites (tertiary alicyclic amines) is 1. The second-order valence-electron chi connectivity index (χ2n) is 5.39. The zero-order valence-electron chi connectivity index (χ0n) is 11.8. The van der Waals surface area contributed by atoms with E-state index in [9.17, 15) is 4.79 Å². The molecule has 0 aromatic rings. The topological polar surface area (TPSA) is 67.6 Å². The minimum atomic E-state index is -0.392. The van der Waals surface area contributed by atoms with Crippen molar-refractivity contribution >= 4 is 5.91 Å². The van der Waals surface area contributed by atoms with Gasteiger partial charge in [0, 0.05) is 32.8 Å². The molecule has 1 amide bonds. The summed E-state index contributed by atoms with van der Waals surface area (Å²) < 4.78 is 5.07. The maximum absolute atomic E-state index is 11.8. The molecule has 0 bridgehead atoms. The van der Waals surface area contributed by atoms with Crippen molar-refractivity contribution in [1.82, 2.24) is 10.2 Å². The Morgan fingerprint density at radius 2 is 2.06 bits per heavy atom. The number of piperidine rings is 1. The molecule has 0 unspecified atom stereocenters. The SMILES string of the molecule is COCCN1CCC(NC(=O)[C@@H](N)C(C)C)CC1. The summed E-state index contributed by atoms with van der Waals surface area (Å²) in [6.45, 7) is 7.73. The molecule has 106 valence electrons. The summed E-state index contributed by atoms with van der Waals surface area (Å²) in [4.78, 5) is 14.2. The molecular formula is C13H27N3O2. The maximum atomic E-state index is 11.8. The first kappa shape index (κ1) is 15.4. The van der Waals surface area contributed by atoms with Gasteiger partial charge in [-0.25, -0.2) is 0 Å². The fraction of sp³-hybridized carbons (Fsp3) is 0.923. The minimum absolute atomic E-state index is 0.0136. The molecule has 0 spiro atoms. The smallest absolute Gasteiger partial charge is 0.237 e. The number of ether oxygens (including phenoxy) is 1. The maximum Gasteiger partial charge on any atom is 0.237 e. The number of hydrogen-bond acceptors (Lipinski definition) is 4. The summed E-state index contributed by atoms with van der Waals surface area (Å²) >= 11 is 0. The lowest BCUT2D eigenvalue weighted by atomic mass is 10.0. The molecule has 0 aromatic heterocycles. The van der Waals surface area contributed by atoms with Crippen LogP contribution in [0, 0.1) is 5.92 Å². The molecule has 0 saturated carbocycles. The third-order valence-corrected chi connectivity index (χ3v) is 3.57. The van der Waals surface area contributed by atoms with Crippen LogP contribution >= 0.6 is 0 Å². The van der Waals surface area contributed by atoms with Crippen molar-refractivity contribution in [2.45, 2.75) is 38.8 Å². The molecular weight excluding hydrogens is 230 g/mol. The number of nitrogens with zero attached hydrogens (tertiary/aromatic N) is 1. The Hall–Kier alpha value is -0.650. The van der Waals surface area contributed by atoms with E-state index in [0.717, 1.165) is 39.1 Å². The highest BCUT2D eigenvalue weighted by Gasteiger charge is 2.23. The Morgan fingerprint density at radius 1 is 1.44 bits per heavy atom. The van der Waals surface area contributed by atoms with E-state index in [0.29, 0.717) is 0 Å². The van der Waals surface area contributed by atoms with E-state index < -0.39 is 6.04 Å². The molecule has 5 nitrogen and oxygen atoms in total. The summed E-state index contributed by atoms with van der Waals surface area (Å²) in [6, 6.07) is -0.113. The van der Waals surface area contributed by atoms with Gasteiger partial charge in [-0.05, 0) is 18.8 Å². The van der Waals surface area contributed by atoms with Crippen LogP contribution in [-0.4, -0.2) is 56.2 Å². The van der Waals surface area contributed by atoms with Crippen LogP contribution in [0.4, 0.5) is 0 Å². The summed E-state index contributed by atoms with van der Waals surface area (Å²) in [7, 11) is 1.72. The highest BCUT2D eigenvalue weighted by molar-refractivity contribution is 5.82. The summed E-state index contributed by atoms with van der Waals surface area (Å²) in [6.07, 6.45) is 2.00. The predicted octanol–water partition coefficient (Wildman–Crippen LogP) is 0.197. The van der Waals surface area contributed by atoms with Gasteiger partial charge in [-0.2, -0.15) is 0 Å². The van der Waals surface area contributed by atoms with Crippen molar-refractivity contribution in [1.29, 1.82) is 0 Å². The van der Waals surface area contributed by atoms with Gasteiger partial charge in [0.25, 0.3) is 0 Å². The third-order valence-electron chi connectivity index (χ3n) is 3.57. The molecule has 1 saturated heterocycles. The lowest BCUT2D eigenvalue weighted by Crippen LogP contribution is -2.51. The zero-order chi connectivity index (χ0) is 13.5. The number of amides is 1. The van der Waals surface area contributed by atoms with Gasteiger partial charge in [-0.3, -0.25) is 4.79 Å². The van der Waals surface area contributed by atoms with E-state index in [-0.39, 0.29) is 17.9 Å². The molecule has 0 radical (unpaired) electrons. The summed E-state index contributed by atoms with van der Waals surface area (Å²) in [5, 5.41) is 3.05. The number of methoxy groups -OCH3 is 1. The first-order valence-electron chi connectivity index (χ1n) is 6.81. The summed E-state index contributed by atoms with van der Waals surface area (Å²) in [5.74, 6) is 0.173. The van der Waals surface area contributed by atoms with Crippen LogP contribution in [0.15, 0.2) is 0 Å². The molecule has 1 atom stereocenters. The van der Waals surface area contributed by atoms with Gasteiger partial charge in [-0.15, -0.1) is 0 Å². The number of hydrogen-bond donors (Lipinski definition) is 2. The highest BCUT2D eigenvalue weighted by Crippen LogP contribution is 2.10. The number of rotatable bonds is 6. The molecule has 3 N–H and O–H groups in total. The van der Waals surface area contributed by atoms with Crippen molar-refractivity contribution < 1.29 is 9.53 Å². The number of nitrogens with one attached hydrogen (secondary N) is 1. The van der Waals surface area contributed by atoms with Gasteiger partial charge in [0.05, 0.1) is 12.6 Å². The normalized spacial score (nSPS) is 20.1. The van der Waals surface area contributed by atoms with Gasteiger partial charge in [0.2, 0.25) is 5.91 Å². The van der Waals surface area contributed by atoms with E-state index in [4.69, 9.17) is 10.5 Å². The molecule has 1 aliphatic rings. The van der Waals surface area contributed by atoms with E-state index in [1.165, 1.54) is 0 Å². The number of nitrogens with two attached hydrogens (primary N) is 1. The van der Waals surface area contributed by atoms with Crippen molar-refractivity contribution in [2.75, 3.05) is 33.4 Å². The monoisotopic (exact) mass is 257 g/mol. The van der Waals surface area contributed by atoms with Gasteiger partial charge in [0.15, 0.2) is 0 Å². The Labute approximate surface area is 110 Å². The molecule has 1 fully saturated rings. The van der Waals surface area contributed by atoms with Crippen LogP contribution in [0.2, 0.25) is 0 Å². The van der Waals surface area contributed by atoms with E-state index in [2.05, 4.69) is 10.2 Å². The van der Waals surface area contributed by atoms with E-state index in [1.807, 2.05) is 13.8 Å². The number of carbonyl (C=O) groups is 1. The number of carbonyl (C=O) groups excluding carboxylic acids is 1. The average Bonchev–Trinajstić information content (AvgIpc) is 2.36. The van der Waals surface area contributed by atoms with Crippen LogP contribution in [-0.2, 0) is 9.53 Å². The average molecular weight is 257 g/mol. The van der Waals surface area contributed by atoms with Gasteiger partial charge < -0.3 is 20.7 Å². The minimum Gasteiger partial charge on any atom is -0.383 e. The fourth-order valence-corrected chi connectivity index (χ4v) is 2.12. The van der Waals surface area contributed by atoms with Crippen LogP contribution in [0.25, 0.3) is 0 Å². The standard InChI is InChI=1S/C13H27N3O2/c1-10(2)12(14)13(17)15-11-4-6-16(7-5-11)8-9-18-3/h10-12H,4-9,14H2,1-3H3,(H,15,17)/t12-/m0/s1. The van der Waals surface area contributed by atoms with Crippen molar-refractivity contribution in [2.24, 2.45) is 11.7 Å². The lowest BCUT2D eigenvalue weighted by Gasteiger charge is -2.32. The van der Waals surface area contributed by atoms with Crippen molar-refractivity contribution in [3.05, 3.63) is 0 Å². The van der Waals surface area contributed by atoms with Crippen molar-refractivity contribution in [3.8, 4) is 0 Å². The van der Waals surface area contributed by atoms with Crippen molar-refractivity contribution in [3.63, 3.8) is 0 Å². The highest BCUT2D eigenvalue weighted by atomic mass is 16.5. The summed E-state index contributed by atoms with van der Waals surface area (Å²) in [5.41, 5.74) is 5.83. The van der Waals surface area contributed by atoms with Gasteiger partial charge in [-0.1, -0.05) is 13.8 Å². The Balaban J connectivity index is 2.25. The van der Waals surface area contributed by atoms with Crippen LogP contribution < -0.4 is 11.1 Å². The zero-order valence-corrected chi connectivity index (χ0v) is 11.8. The first-order valence-corrected chi connectivity index (χ1v) is 6.81. The molecule has 18 heavy (non-hydrogen) atoms. The van der Waals surface area contributed by atoms with E-state index >= 15 is 0 Å². The first-order chi connectivity index (χ1) is 8.54. The third kappa shape index (κ3) is 4.92. The largest absolute Gasteiger partial charge is 0.383 e. The second-order valence-corrected chi connectivity index (χ2v) is 5.39. The molecule has 1 heterocycles. The Morgan fingerprint density at radius 3 is 2.56 bits per heavy atom. The molecule has 0 aromatic carbocycles. The van der Waals surface area contributed by atoms with Gasteiger partial charge in [0.1, 0.15) is 0 Å². The van der Waals surface area contributed by atoms with Gasteiger partial charge >= 0.3 is 0 Å². The van der Waals surface area contributed by atoms with Crippen LogP contribution in [0.5, 0.6) is 0 Å². The second kappa shape index (κ2) is 7.71. The molecule has 0 aliphatic carbocycles.